The van der Waals surface area contributed by atoms with Crippen molar-refractivity contribution >= 4 is 46.5 Å². The molecular weight excluding hydrogens is 487 g/mol. The minimum atomic E-state index is -0.565. The van der Waals surface area contributed by atoms with E-state index >= 15 is 0 Å². The number of methoxy groups -OCH3 is 1. The van der Waals surface area contributed by atoms with Crippen LogP contribution in [0.5, 0.6) is 0 Å². The first-order valence-corrected chi connectivity index (χ1v) is 12.5. The van der Waals surface area contributed by atoms with Gasteiger partial charge in [0.1, 0.15) is 0 Å². The molecule has 3 rings (SSSR count). The smallest absolute Gasteiger partial charge is 0.258 e. The molecule has 2 aromatic rings. The van der Waals surface area contributed by atoms with Crippen LogP contribution < -0.4 is 5.32 Å². The third-order valence-electron chi connectivity index (χ3n) is 6.89. The van der Waals surface area contributed by atoms with Gasteiger partial charge in [0, 0.05) is 26.5 Å². The number of ketones is 1. The minimum Gasteiger partial charge on any atom is -0.385 e. The van der Waals surface area contributed by atoms with E-state index in [-0.39, 0.29) is 27.3 Å². The van der Waals surface area contributed by atoms with Crippen molar-refractivity contribution in [1.29, 1.82) is 0 Å². The van der Waals surface area contributed by atoms with Gasteiger partial charge >= 0.3 is 0 Å². The molecule has 2 amide bonds. The fourth-order valence-electron chi connectivity index (χ4n) is 4.84. The number of hydrogen-bond acceptors (Lipinski definition) is 4. The number of hydrogen-bond donors (Lipinski definition) is 1. The number of carbonyl (C=O) groups is 3. The van der Waals surface area contributed by atoms with Crippen LogP contribution in [0.3, 0.4) is 0 Å². The normalized spacial score (nSPS) is 15.5. The molecule has 1 fully saturated rings. The van der Waals surface area contributed by atoms with Crippen LogP contribution in [0, 0.1) is 5.41 Å². The Morgan fingerprint density at radius 2 is 1.66 bits per heavy atom. The van der Waals surface area contributed by atoms with Gasteiger partial charge < -0.3 is 15.0 Å². The van der Waals surface area contributed by atoms with Crippen LogP contribution in [0.2, 0.25) is 10.0 Å². The maximum Gasteiger partial charge on any atom is 0.258 e. The lowest BCUT2D eigenvalue weighted by molar-refractivity contribution is -0.147. The number of benzene rings is 2. The van der Waals surface area contributed by atoms with E-state index in [1.807, 2.05) is 12.1 Å². The van der Waals surface area contributed by atoms with Gasteiger partial charge in [0.15, 0.2) is 5.78 Å². The van der Waals surface area contributed by atoms with Gasteiger partial charge in [-0.1, -0.05) is 54.2 Å². The Balaban J connectivity index is 1.71. The molecule has 6 nitrogen and oxygen atoms in total. The molecule has 0 bridgehead atoms. The van der Waals surface area contributed by atoms with Gasteiger partial charge in [-0.25, -0.2) is 0 Å². The number of nitrogens with one attached hydrogen (secondary N) is 1. The zero-order valence-electron chi connectivity index (χ0n) is 20.4. The highest BCUT2D eigenvalue weighted by atomic mass is 35.5. The molecule has 1 saturated carbocycles. The fourth-order valence-corrected chi connectivity index (χ4v) is 5.41. The van der Waals surface area contributed by atoms with E-state index in [9.17, 15) is 14.4 Å². The lowest BCUT2D eigenvalue weighted by Gasteiger charge is -2.36. The van der Waals surface area contributed by atoms with E-state index in [4.69, 9.17) is 27.9 Å². The van der Waals surface area contributed by atoms with Crippen molar-refractivity contribution in [3.63, 3.8) is 0 Å². The summed E-state index contributed by atoms with van der Waals surface area (Å²) in [6.45, 7) is 2.05. The van der Waals surface area contributed by atoms with Crippen molar-refractivity contribution in [3.05, 3.63) is 63.6 Å². The summed E-state index contributed by atoms with van der Waals surface area (Å²) in [6.07, 6.45) is 4.74. The summed E-state index contributed by atoms with van der Waals surface area (Å²) in [4.78, 5) is 40.3. The van der Waals surface area contributed by atoms with Gasteiger partial charge in [-0.15, -0.1) is 0 Å². The second-order valence-corrected chi connectivity index (χ2v) is 10.0. The standard InChI is InChI=1S/C27H32Cl2N2O4/c1-18(32)23(31(2)26(34)27(15-16-35-3)13-4-5-14-27)17-19-9-11-20(12-10-19)30-25(33)24-21(28)7-6-8-22(24)29/h6-12,23H,4-5,13-17H2,1-3H3,(H,30,33). The summed E-state index contributed by atoms with van der Waals surface area (Å²) in [7, 11) is 3.37. The molecule has 0 aliphatic heterocycles. The van der Waals surface area contributed by atoms with Crippen LogP contribution in [0.25, 0.3) is 0 Å². The average molecular weight is 519 g/mol. The predicted molar refractivity (Wildman–Crippen MR) is 139 cm³/mol. The SMILES string of the molecule is COCCC1(C(=O)N(C)C(Cc2ccc(NC(=O)c3c(Cl)cccc3Cl)cc2)C(C)=O)CCCC1. The van der Waals surface area contributed by atoms with Crippen molar-refractivity contribution in [2.24, 2.45) is 5.41 Å². The van der Waals surface area contributed by atoms with E-state index in [0.717, 1.165) is 31.2 Å². The summed E-state index contributed by atoms with van der Waals surface area (Å²) in [5.41, 5.74) is 1.22. The zero-order chi connectivity index (χ0) is 25.6. The highest BCUT2D eigenvalue weighted by Gasteiger charge is 2.44. The zero-order valence-corrected chi connectivity index (χ0v) is 21.9. The van der Waals surface area contributed by atoms with Crippen LogP contribution in [-0.2, 0) is 20.7 Å². The Kier molecular flexibility index (Phi) is 9.34. The fraction of sp³-hybridized carbons (Fsp3) is 0.444. The predicted octanol–water partition coefficient (Wildman–Crippen LogP) is 5.80. The van der Waals surface area contributed by atoms with Gasteiger partial charge in [0.05, 0.1) is 27.1 Å². The van der Waals surface area contributed by atoms with Crippen LogP contribution in [-0.4, -0.2) is 49.3 Å². The first-order chi connectivity index (χ1) is 16.7. The summed E-state index contributed by atoms with van der Waals surface area (Å²) in [5.74, 6) is -0.447. The number of halogens is 2. The third kappa shape index (κ3) is 6.43. The molecule has 35 heavy (non-hydrogen) atoms. The summed E-state index contributed by atoms with van der Waals surface area (Å²) < 4.78 is 5.26. The van der Waals surface area contributed by atoms with E-state index in [0.29, 0.717) is 25.1 Å². The Morgan fingerprint density at radius 3 is 2.20 bits per heavy atom. The van der Waals surface area contributed by atoms with Crippen LogP contribution in [0.15, 0.2) is 42.5 Å². The van der Waals surface area contributed by atoms with Crippen molar-refractivity contribution < 1.29 is 19.1 Å². The van der Waals surface area contributed by atoms with Gasteiger partial charge in [-0.05, 0) is 62.4 Å². The van der Waals surface area contributed by atoms with Gasteiger partial charge in [0.25, 0.3) is 5.91 Å². The molecule has 1 aliphatic carbocycles. The Hall–Kier alpha value is -2.41. The number of rotatable bonds is 10. The largest absolute Gasteiger partial charge is 0.385 e. The molecule has 2 aromatic carbocycles. The molecular formula is C27H32Cl2N2O4. The van der Waals surface area contributed by atoms with Gasteiger partial charge in [-0.3, -0.25) is 14.4 Å². The molecule has 1 unspecified atom stereocenters. The first kappa shape index (κ1) is 27.2. The topological polar surface area (TPSA) is 75.7 Å². The van der Waals surface area contributed by atoms with Crippen molar-refractivity contribution in [2.45, 2.75) is 51.5 Å². The van der Waals surface area contributed by atoms with Crippen LogP contribution in [0.1, 0.15) is 54.9 Å². The summed E-state index contributed by atoms with van der Waals surface area (Å²) >= 11 is 12.3. The first-order valence-electron chi connectivity index (χ1n) is 11.8. The highest BCUT2D eigenvalue weighted by Crippen LogP contribution is 2.43. The number of amides is 2. The number of carbonyl (C=O) groups excluding carboxylic acids is 3. The molecule has 0 spiro atoms. The number of Topliss-reactive ketones (excluding diaryl/α,β-unsaturated/α-hetero) is 1. The molecule has 0 heterocycles. The molecule has 1 aliphatic rings. The van der Waals surface area contributed by atoms with Gasteiger partial charge in [-0.2, -0.15) is 0 Å². The van der Waals surface area contributed by atoms with Crippen LogP contribution >= 0.6 is 23.2 Å². The molecule has 0 radical (unpaired) electrons. The summed E-state index contributed by atoms with van der Waals surface area (Å²) in [6, 6.07) is 11.5. The van der Waals surface area contributed by atoms with Crippen molar-refractivity contribution in [2.75, 3.05) is 26.1 Å². The molecule has 0 saturated heterocycles. The molecule has 8 heteroatoms. The molecule has 1 N–H and O–H groups in total. The van der Waals surface area contributed by atoms with Crippen LogP contribution in [0.4, 0.5) is 5.69 Å². The number of ether oxygens (including phenoxy) is 1. The lowest BCUT2D eigenvalue weighted by Crippen LogP contribution is -2.49. The van der Waals surface area contributed by atoms with Gasteiger partial charge in [0.2, 0.25) is 5.91 Å². The second-order valence-electron chi connectivity index (χ2n) is 9.22. The molecule has 0 aromatic heterocycles. The molecule has 188 valence electrons. The number of nitrogens with zero attached hydrogens (tertiary/aromatic N) is 1. The second kappa shape index (κ2) is 12.0. The Bertz CT molecular complexity index is 1050. The molecule has 1 atom stereocenters. The maximum absolute atomic E-state index is 13.5. The Labute approximate surface area is 216 Å². The summed E-state index contributed by atoms with van der Waals surface area (Å²) in [5, 5.41) is 3.34. The lowest BCUT2D eigenvalue weighted by atomic mass is 9.80. The maximum atomic E-state index is 13.5. The van der Waals surface area contributed by atoms with Crippen molar-refractivity contribution in [1.82, 2.24) is 4.90 Å². The quantitative estimate of drug-likeness (QED) is 0.431. The van der Waals surface area contributed by atoms with E-state index in [1.165, 1.54) is 6.92 Å². The Morgan fingerprint density at radius 1 is 1.06 bits per heavy atom. The number of anilines is 1. The van der Waals surface area contributed by atoms with E-state index in [2.05, 4.69) is 5.32 Å². The third-order valence-corrected chi connectivity index (χ3v) is 7.52. The van der Waals surface area contributed by atoms with E-state index in [1.54, 1.807) is 49.4 Å². The minimum absolute atomic E-state index is 0.0211. The monoisotopic (exact) mass is 518 g/mol. The average Bonchev–Trinajstić information content (AvgIpc) is 3.31. The van der Waals surface area contributed by atoms with E-state index < -0.39 is 17.4 Å². The highest BCUT2D eigenvalue weighted by molar-refractivity contribution is 6.40. The number of likely N-dealkylation sites (N-methyl/N-ethyl adjacent to an activating group) is 1. The van der Waals surface area contributed by atoms with Crippen molar-refractivity contribution in [3.8, 4) is 0 Å².